The molecule has 0 bridgehead atoms. The van der Waals surface area contributed by atoms with Gasteiger partial charge in [0.2, 0.25) is 0 Å². The van der Waals surface area contributed by atoms with Crippen LogP contribution >= 0.6 is 0 Å². The van der Waals surface area contributed by atoms with Crippen LogP contribution in [0.1, 0.15) is 40.0 Å². The number of hydrogen-bond donors (Lipinski definition) is 2. The first-order valence-corrected chi connectivity index (χ1v) is 12.0. The molecule has 140 valence electrons. The quantitative estimate of drug-likeness (QED) is 0.367. The second-order valence-corrected chi connectivity index (χ2v) is 12.5. The standard InChI is InChI=1S/C21H34O3Si/c1-9-16-25(7,8)24-18(12-11-13-19(5,22)10-2)20(6,23)21(14-15-21)17(3)4/h9-10,18,22-23H,1-3,13-16H2,4-8H3/t18-,19?,20-/m0/s1. The molecular weight excluding hydrogens is 328 g/mol. The predicted molar refractivity (Wildman–Crippen MR) is 108 cm³/mol. The van der Waals surface area contributed by atoms with Gasteiger partial charge in [-0.15, -0.1) is 13.2 Å². The van der Waals surface area contributed by atoms with Gasteiger partial charge in [-0.25, -0.2) is 0 Å². The average Bonchev–Trinajstić information content (AvgIpc) is 3.27. The molecule has 0 aromatic rings. The van der Waals surface area contributed by atoms with Gasteiger partial charge in [0, 0.05) is 11.8 Å². The second kappa shape index (κ2) is 7.63. The highest BCUT2D eigenvalue weighted by atomic mass is 28.4. The van der Waals surface area contributed by atoms with Crippen molar-refractivity contribution in [3.05, 3.63) is 37.5 Å². The van der Waals surface area contributed by atoms with Crippen molar-refractivity contribution < 1.29 is 14.6 Å². The average molecular weight is 363 g/mol. The molecule has 1 unspecified atom stereocenters. The lowest BCUT2D eigenvalue weighted by Crippen LogP contribution is -2.52. The fourth-order valence-corrected chi connectivity index (χ4v) is 4.85. The molecular formula is C21H34O3Si. The van der Waals surface area contributed by atoms with Gasteiger partial charge in [0.15, 0.2) is 8.32 Å². The predicted octanol–water partition coefficient (Wildman–Crippen LogP) is 4.20. The minimum Gasteiger partial charge on any atom is -0.401 e. The Balaban J connectivity index is 3.16. The van der Waals surface area contributed by atoms with Gasteiger partial charge in [-0.2, -0.15) is 0 Å². The van der Waals surface area contributed by atoms with E-state index < -0.39 is 25.6 Å². The topological polar surface area (TPSA) is 49.7 Å². The molecule has 1 saturated carbocycles. The fourth-order valence-electron chi connectivity index (χ4n) is 3.14. The third-order valence-corrected chi connectivity index (χ3v) is 7.38. The second-order valence-electron chi connectivity index (χ2n) is 8.32. The number of hydrogen-bond acceptors (Lipinski definition) is 3. The Labute approximate surface area is 154 Å². The first-order valence-electron chi connectivity index (χ1n) is 8.85. The van der Waals surface area contributed by atoms with Crippen LogP contribution in [-0.4, -0.2) is 35.8 Å². The summed E-state index contributed by atoms with van der Waals surface area (Å²) in [4.78, 5) is 0. The molecule has 0 aromatic heterocycles. The van der Waals surface area contributed by atoms with E-state index in [9.17, 15) is 10.2 Å². The van der Waals surface area contributed by atoms with Crippen LogP contribution in [0.15, 0.2) is 37.5 Å². The number of rotatable bonds is 9. The van der Waals surface area contributed by atoms with E-state index >= 15 is 0 Å². The Hall–Kier alpha value is -1.12. The molecule has 0 spiro atoms. The summed E-state index contributed by atoms with van der Waals surface area (Å²) in [5.74, 6) is 6.09. The maximum absolute atomic E-state index is 11.4. The zero-order valence-electron chi connectivity index (χ0n) is 16.5. The molecule has 25 heavy (non-hydrogen) atoms. The van der Waals surface area contributed by atoms with Gasteiger partial charge in [0.05, 0.1) is 5.60 Å². The van der Waals surface area contributed by atoms with Crippen molar-refractivity contribution in [2.24, 2.45) is 5.41 Å². The minimum absolute atomic E-state index is 0.246. The normalized spacial score (nSPS) is 21.7. The molecule has 3 atom stereocenters. The molecule has 2 N–H and O–H groups in total. The van der Waals surface area contributed by atoms with Crippen LogP contribution in [0.2, 0.25) is 19.1 Å². The van der Waals surface area contributed by atoms with Gasteiger partial charge in [-0.3, -0.25) is 0 Å². The minimum atomic E-state index is -2.06. The highest BCUT2D eigenvalue weighted by molar-refractivity contribution is 6.71. The molecule has 4 heteroatoms. The largest absolute Gasteiger partial charge is 0.401 e. The molecule has 0 aliphatic heterocycles. The Morgan fingerprint density at radius 2 is 1.88 bits per heavy atom. The van der Waals surface area contributed by atoms with E-state index in [2.05, 4.69) is 44.7 Å². The van der Waals surface area contributed by atoms with E-state index in [1.165, 1.54) is 6.08 Å². The Morgan fingerprint density at radius 1 is 1.32 bits per heavy atom. The summed E-state index contributed by atoms with van der Waals surface area (Å²) >= 11 is 0. The molecule has 1 rings (SSSR count). The van der Waals surface area contributed by atoms with E-state index in [1.54, 1.807) is 13.8 Å². The molecule has 0 saturated heterocycles. The maximum atomic E-state index is 11.4. The summed E-state index contributed by atoms with van der Waals surface area (Å²) in [5, 5.41) is 21.5. The van der Waals surface area contributed by atoms with Crippen molar-refractivity contribution in [2.75, 3.05) is 0 Å². The monoisotopic (exact) mass is 362 g/mol. The summed E-state index contributed by atoms with van der Waals surface area (Å²) in [6.07, 6.45) is 4.74. The molecule has 1 aliphatic carbocycles. The maximum Gasteiger partial charge on any atom is 0.192 e. The Bertz CT molecular complexity index is 586. The van der Waals surface area contributed by atoms with E-state index in [-0.39, 0.29) is 11.8 Å². The van der Waals surface area contributed by atoms with Crippen molar-refractivity contribution in [3.8, 4) is 11.8 Å². The summed E-state index contributed by atoms with van der Waals surface area (Å²) < 4.78 is 6.36. The lowest BCUT2D eigenvalue weighted by atomic mass is 9.77. The smallest absolute Gasteiger partial charge is 0.192 e. The molecule has 0 heterocycles. The lowest BCUT2D eigenvalue weighted by molar-refractivity contribution is -0.0692. The molecule has 0 aromatic carbocycles. The third-order valence-electron chi connectivity index (χ3n) is 5.24. The van der Waals surface area contributed by atoms with Crippen molar-refractivity contribution in [2.45, 2.75) is 76.5 Å². The zero-order valence-corrected chi connectivity index (χ0v) is 17.5. The van der Waals surface area contributed by atoms with Crippen LogP contribution < -0.4 is 0 Å². The summed E-state index contributed by atoms with van der Waals surface area (Å²) in [6.45, 7) is 21.1. The lowest BCUT2D eigenvalue weighted by Gasteiger charge is -2.41. The Morgan fingerprint density at radius 3 is 2.28 bits per heavy atom. The Kier molecular flexibility index (Phi) is 6.69. The summed E-state index contributed by atoms with van der Waals surface area (Å²) in [7, 11) is -2.06. The zero-order chi connectivity index (χ0) is 19.5. The number of aliphatic hydroxyl groups is 2. The van der Waals surface area contributed by atoms with Gasteiger partial charge >= 0.3 is 0 Å². The molecule has 1 aliphatic rings. The van der Waals surface area contributed by atoms with Gasteiger partial charge in [-0.05, 0) is 52.8 Å². The van der Waals surface area contributed by atoms with E-state index in [1.807, 2.05) is 13.0 Å². The van der Waals surface area contributed by atoms with Gasteiger partial charge in [0.25, 0.3) is 0 Å². The van der Waals surface area contributed by atoms with Crippen LogP contribution in [0.3, 0.4) is 0 Å². The first-order chi connectivity index (χ1) is 11.3. The molecule has 0 amide bonds. The SMILES string of the molecule is C=CC[Si](C)(C)O[C@@H](C#CCC(C)(O)C=C)[C@](C)(O)C1(C(=C)C)CC1. The highest BCUT2D eigenvalue weighted by Crippen LogP contribution is 2.60. The van der Waals surface area contributed by atoms with Crippen molar-refractivity contribution >= 4 is 8.32 Å². The van der Waals surface area contributed by atoms with Crippen LogP contribution in [0, 0.1) is 17.3 Å². The van der Waals surface area contributed by atoms with Gasteiger partial charge in [-0.1, -0.05) is 36.1 Å². The fraction of sp³-hybridized carbons (Fsp3) is 0.619. The van der Waals surface area contributed by atoms with Crippen molar-refractivity contribution in [3.63, 3.8) is 0 Å². The van der Waals surface area contributed by atoms with Crippen LogP contribution in [0.4, 0.5) is 0 Å². The molecule has 3 nitrogen and oxygen atoms in total. The summed E-state index contributed by atoms with van der Waals surface area (Å²) in [6, 6.07) is 0.783. The van der Waals surface area contributed by atoms with Crippen molar-refractivity contribution in [1.82, 2.24) is 0 Å². The van der Waals surface area contributed by atoms with Crippen LogP contribution in [-0.2, 0) is 4.43 Å². The highest BCUT2D eigenvalue weighted by Gasteiger charge is 2.60. The van der Waals surface area contributed by atoms with Crippen molar-refractivity contribution in [1.29, 1.82) is 0 Å². The summed E-state index contributed by atoms with van der Waals surface area (Å²) in [5.41, 5.74) is -1.55. The molecule has 1 fully saturated rings. The van der Waals surface area contributed by atoms with Gasteiger partial charge in [0.1, 0.15) is 11.7 Å². The van der Waals surface area contributed by atoms with Crippen LogP contribution in [0.5, 0.6) is 0 Å². The first kappa shape index (κ1) is 21.9. The van der Waals surface area contributed by atoms with Crippen LogP contribution in [0.25, 0.3) is 0 Å². The third kappa shape index (κ3) is 5.18. The van der Waals surface area contributed by atoms with E-state index in [4.69, 9.17) is 4.43 Å². The van der Waals surface area contributed by atoms with E-state index in [0.29, 0.717) is 0 Å². The number of allylic oxidation sites excluding steroid dienone is 1. The van der Waals surface area contributed by atoms with Gasteiger partial charge < -0.3 is 14.6 Å². The molecule has 0 radical (unpaired) electrons. The van der Waals surface area contributed by atoms with E-state index in [0.717, 1.165) is 24.5 Å².